The Morgan fingerprint density at radius 1 is 1.02 bits per heavy atom. The summed E-state index contributed by atoms with van der Waals surface area (Å²) < 4.78 is 14.2. The number of nitrogens with one attached hydrogen (secondary N) is 2. The molecular weight excluding hydrogens is 547 g/mol. The van der Waals surface area contributed by atoms with Crippen LogP contribution in [0.15, 0.2) is 77.9 Å². The van der Waals surface area contributed by atoms with Gasteiger partial charge in [-0.1, -0.05) is 48.0 Å². The molecule has 41 heavy (non-hydrogen) atoms. The van der Waals surface area contributed by atoms with Crippen LogP contribution >= 0.6 is 12.4 Å². The highest BCUT2D eigenvalue weighted by Gasteiger charge is 2.22. The standard InChI is InChI=1S/C29H29FN8O2.ClH/c1-20-7-9-24(10-8-20)32-27-33-28(36-31-19-23-18-25(38(39)40)11-12-26(23)30)35-29(34-27)37-15-13-22(14-16-37)17-21-5-3-2-4-6-21;/h2-12,18-19,22H,13-17H2,1H3,(H2,32,33,34,35,36);1H. The Bertz CT molecular complexity index is 1500. The molecular formula is C29H30ClFN8O2. The fourth-order valence-corrected chi connectivity index (χ4v) is 4.57. The molecule has 212 valence electrons. The summed E-state index contributed by atoms with van der Waals surface area (Å²) in [6, 6.07) is 21.6. The molecule has 2 N–H and O–H groups in total. The predicted molar refractivity (Wildman–Crippen MR) is 161 cm³/mol. The molecule has 3 aromatic carbocycles. The fourth-order valence-electron chi connectivity index (χ4n) is 4.57. The van der Waals surface area contributed by atoms with Crippen molar-refractivity contribution in [3.8, 4) is 0 Å². The first-order valence-electron chi connectivity index (χ1n) is 13.0. The van der Waals surface area contributed by atoms with Gasteiger partial charge in [-0.25, -0.2) is 9.82 Å². The maximum atomic E-state index is 14.2. The van der Waals surface area contributed by atoms with E-state index in [1.54, 1.807) is 0 Å². The zero-order valence-electron chi connectivity index (χ0n) is 22.4. The van der Waals surface area contributed by atoms with Crippen molar-refractivity contribution in [3.63, 3.8) is 0 Å². The first-order valence-corrected chi connectivity index (χ1v) is 13.0. The molecule has 2 heterocycles. The van der Waals surface area contributed by atoms with Crippen LogP contribution < -0.4 is 15.6 Å². The Morgan fingerprint density at radius 3 is 2.44 bits per heavy atom. The van der Waals surface area contributed by atoms with E-state index in [-0.39, 0.29) is 29.6 Å². The lowest BCUT2D eigenvalue weighted by Crippen LogP contribution is -2.35. The topological polar surface area (TPSA) is 121 Å². The number of aromatic nitrogens is 3. The molecule has 1 aliphatic rings. The zero-order valence-corrected chi connectivity index (χ0v) is 23.2. The number of aryl methyl sites for hydroxylation is 1. The van der Waals surface area contributed by atoms with Crippen molar-refractivity contribution in [2.24, 2.45) is 11.0 Å². The van der Waals surface area contributed by atoms with Gasteiger partial charge >= 0.3 is 0 Å². The molecule has 0 saturated carbocycles. The third-order valence-electron chi connectivity index (χ3n) is 6.75. The first-order chi connectivity index (χ1) is 19.4. The minimum atomic E-state index is -0.632. The molecule has 0 spiro atoms. The number of hydrogen-bond acceptors (Lipinski definition) is 9. The second-order valence-electron chi connectivity index (χ2n) is 9.73. The highest BCUT2D eigenvalue weighted by Crippen LogP contribution is 2.26. The van der Waals surface area contributed by atoms with E-state index in [0.29, 0.717) is 17.8 Å². The highest BCUT2D eigenvalue weighted by molar-refractivity contribution is 5.85. The number of rotatable bonds is 9. The molecule has 0 atom stereocenters. The lowest BCUT2D eigenvalue weighted by atomic mass is 9.90. The number of benzene rings is 3. The van der Waals surface area contributed by atoms with Crippen LogP contribution in [0.5, 0.6) is 0 Å². The van der Waals surface area contributed by atoms with E-state index in [2.05, 4.69) is 60.0 Å². The Hall–Kier alpha value is -4.64. The summed E-state index contributed by atoms with van der Waals surface area (Å²) in [6.45, 7) is 3.61. The number of hydrogen-bond donors (Lipinski definition) is 2. The van der Waals surface area contributed by atoms with Crippen molar-refractivity contribution < 1.29 is 9.31 Å². The van der Waals surface area contributed by atoms with Gasteiger partial charge in [0.1, 0.15) is 5.82 Å². The number of halogens is 2. The van der Waals surface area contributed by atoms with Gasteiger partial charge in [0.2, 0.25) is 17.8 Å². The maximum Gasteiger partial charge on any atom is 0.270 e. The molecule has 5 rings (SSSR count). The van der Waals surface area contributed by atoms with Crippen LogP contribution in [0.3, 0.4) is 0 Å². The van der Waals surface area contributed by atoms with Crippen LogP contribution in [0.4, 0.5) is 33.6 Å². The van der Waals surface area contributed by atoms with Crippen molar-refractivity contribution in [1.29, 1.82) is 0 Å². The highest BCUT2D eigenvalue weighted by atomic mass is 35.5. The number of anilines is 4. The van der Waals surface area contributed by atoms with Gasteiger partial charge in [-0.05, 0) is 55.9 Å². The van der Waals surface area contributed by atoms with E-state index in [4.69, 9.17) is 0 Å². The van der Waals surface area contributed by atoms with E-state index in [0.717, 1.165) is 68.0 Å². The molecule has 1 saturated heterocycles. The Labute approximate surface area is 243 Å². The number of nitro benzene ring substituents is 1. The molecule has 1 aliphatic heterocycles. The van der Waals surface area contributed by atoms with E-state index < -0.39 is 10.7 Å². The van der Waals surface area contributed by atoms with Crippen LogP contribution in [0.1, 0.15) is 29.5 Å². The molecule has 0 unspecified atom stereocenters. The third kappa shape index (κ3) is 7.95. The van der Waals surface area contributed by atoms with Crippen molar-refractivity contribution in [1.82, 2.24) is 15.0 Å². The maximum absolute atomic E-state index is 14.2. The number of nitro groups is 1. The average molecular weight is 577 g/mol. The van der Waals surface area contributed by atoms with E-state index in [1.807, 2.05) is 37.3 Å². The second-order valence-corrected chi connectivity index (χ2v) is 9.73. The monoisotopic (exact) mass is 576 g/mol. The number of hydrazone groups is 1. The van der Waals surface area contributed by atoms with Crippen molar-refractivity contribution >= 4 is 47.8 Å². The normalized spacial score (nSPS) is 13.6. The number of nitrogens with zero attached hydrogens (tertiary/aromatic N) is 6. The van der Waals surface area contributed by atoms with Crippen LogP contribution in [0.25, 0.3) is 0 Å². The molecule has 1 aromatic heterocycles. The van der Waals surface area contributed by atoms with Gasteiger partial charge in [-0.3, -0.25) is 10.1 Å². The summed E-state index contributed by atoms with van der Waals surface area (Å²) in [4.78, 5) is 26.2. The summed E-state index contributed by atoms with van der Waals surface area (Å²) >= 11 is 0. The molecule has 0 radical (unpaired) electrons. The Morgan fingerprint density at radius 2 is 1.73 bits per heavy atom. The third-order valence-corrected chi connectivity index (χ3v) is 6.75. The van der Waals surface area contributed by atoms with E-state index in [9.17, 15) is 14.5 Å². The summed E-state index contributed by atoms with van der Waals surface area (Å²) in [5.74, 6) is 0.944. The largest absolute Gasteiger partial charge is 0.341 e. The molecule has 0 bridgehead atoms. The van der Waals surface area contributed by atoms with E-state index in [1.165, 1.54) is 5.56 Å². The van der Waals surface area contributed by atoms with Gasteiger partial charge in [0, 0.05) is 36.5 Å². The predicted octanol–water partition coefficient (Wildman–Crippen LogP) is 6.30. The van der Waals surface area contributed by atoms with Crippen molar-refractivity contribution in [2.45, 2.75) is 26.2 Å². The van der Waals surface area contributed by atoms with Crippen molar-refractivity contribution in [3.05, 3.63) is 105 Å². The summed E-state index contributed by atoms with van der Waals surface area (Å²) in [5.41, 5.74) is 5.76. The van der Waals surface area contributed by atoms with Gasteiger partial charge in [0.05, 0.1) is 11.1 Å². The molecule has 1 fully saturated rings. The molecule has 12 heteroatoms. The minimum Gasteiger partial charge on any atom is -0.341 e. The Kier molecular flexibility index (Phi) is 9.75. The lowest BCUT2D eigenvalue weighted by Gasteiger charge is -2.32. The van der Waals surface area contributed by atoms with Crippen LogP contribution in [0.2, 0.25) is 0 Å². The van der Waals surface area contributed by atoms with Gasteiger partial charge in [0.25, 0.3) is 5.69 Å². The summed E-state index contributed by atoms with van der Waals surface area (Å²) in [6.07, 6.45) is 4.22. The Balaban J connectivity index is 0.00000387. The lowest BCUT2D eigenvalue weighted by molar-refractivity contribution is -0.384. The second kappa shape index (κ2) is 13.6. The number of non-ortho nitro benzene ring substituents is 1. The average Bonchev–Trinajstić information content (AvgIpc) is 2.96. The van der Waals surface area contributed by atoms with Crippen LogP contribution in [-0.2, 0) is 6.42 Å². The van der Waals surface area contributed by atoms with Gasteiger partial charge in [-0.2, -0.15) is 20.1 Å². The smallest absolute Gasteiger partial charge is 0.270 e. The van der Waals surface area contributed by atoms with Gasteiger partial charge in [-0.15, -0.1) is 12.4 Å². The molecule has 4 aromatic rings. The van der Waals surface area contributed by atoms with E-state index >= 15 is 0 Å². The van der Waals surface area contributed by atoms with Gasteiger partial charge in [0.15, 0.2) is 0 Å². The summed E-state index contributed by atoms with van der Waals surface area (Å²) in [7, 11) is 0. The first kappa shape index (κ1) is 29.3. The molecule has 0 aliphatic carbocycles. The van der Waals surface area contributed by atoms with Gasteiger partial charge < -0.3 is 10.2 Å². The quantitative estimate of drug-likeness (QED) is 0.135. The SMILES string of the molecule is Cc1ccc(Nc2nc(NN=Cc3cc([N+](=O)[O-])ccc3F)nc(N3CCC(Cc4ccccc4)CC3)n2)cc1.Cl. The zero-order chi connectivity index (χ0) is 27.9. The van der Waals surface area contributed by atoms with Crippen LogP contribution in [0, 0.1) is 28.8 Å². The minimum absolute atomic E-state index is 0. The van der Waals surface area contributed by atoms with Crippen molar-refractivity contribution in [2.75, 3.05) is 28.7 Å². The molecule has 10 nitrogen and oxygen atoms in total. The fraction of sp³-hybridized carbons (Fsp3) is 0.241. The summed E-state index contributed by atoms with van der Waals surface area (Å²) in [5, 5.41) is 18.3. The molecule has 0 amide bonds. The number of piperidine rings is 1. The van der Waals surface area contributed by atoms with Crippen LogP contribution in [-0.4, -0.2) is 39.2 Å².